The Bertz CT molecular complexity index is 607. The molecular weight excluding hydrogens is 276 g/mol. The van der Waals surface area contributed by atoms with Crippen LogP contribution in [0.3, 0.4) is 0 Å². The fourth-order valence-corrected chi connectivity index (χ4v) is 1.65. The van der Waals surface area contributed by atoms with E-state index in [0.29, 0.717) is 16.3 Å². The molecule has 0 bridgehead atoms. The first-order chi connectivity index (χ1) is 9.69. The Morgan fingerprint density at radius 1 is 1.15 bits per heavy atom. The molecule has 0 aliphatic rings. The lowest BCUT2D eigenvalue weighted by Gasteiger charge is -2.02. The van der Waals surface area contributed by atoms with E-state index >= 15 is 0 Å². The summed E-state index contributed by atoms with van der Waals surface area (Å²) in [6, 6.07) is 13.9. The molecule has 2 aromatic rings. The van der Waals surface area contributed by atoms with Crippen LogP contribution in [0.5, 0.6) is 5.75 Å². The summed E-state index contributed by atoms with van der Waals surface area (Å²) in [7, 11) is 1.57. The number of rotatable bonds is 4. The van der Waals surface area contributed by atoms with Crippen LogP contribution in [0.1, 0.15) is 15.9 Å². The molecular formula is C15H13ClN2O2. The predicted octanol–water partition coefficient (Wildman–Crippen LogP) is 3.11. The highest BCUT2D eigenvalue weighted by Crippen LogP contribution is 2.11. The number of benzene rings is 2. The van der Waals surface area contributed by atoms with Gasteiger partial charge in [0.05, 0.1) is 13.3 Å². The average molecular weight is 289 g/mol. The Hall–Kier alpha value is -2.33. The molecule has 1 amide bonds. The summed E-state index contributed by atoms with van der Waals surface area (Å²) >= 11 is 5.78. The van der Waals surface area contributed by atoms with Crippen molar-refractivity contribution < 1.29 is 9.53 Å². The van der Waals surface area contributed by atoms with Crippen molar-refractivity contribution in [2.24, 2.45) is 5.10 Å². The van der Waals surface area contributed by atoms with Gasteiger partial charge in [0.2, 0.25) is 0 Å². The number of nitrogens with one attached hydrogen (secondary N) is 1. The SMILES string of the molecule is COc1ccc(C(=O)N/N=C\c2ccc(Cl)cc2)cc1. The van der Waals surface area contributed by atoms with Crippen LogP contribution in [0.25, 0.3) is 0 Å². The summed E-state index contributed by atoms with van der Waals surface area (Å²) in [4.78, 5) is 11.8. The predicted molar refractivity (Wildman–Crippen MR) is 79.5 cm³/mol. The minimum Gasteiger partial charge on any atom is -0.497 e. The van der Waals surface area contributed by atoms with E-state index in [0.717, 1.165) is 5.56 Å². The monoisotopic (exact) mass is 288 g/mol. The molecule has 0 aliphatic heterocycles. The van der Waals surface area contributed by atoms with Gasteiger partial charge in [-0.25, -0.2) is 5.43 Å². The summed E-state index contributed by atoms with van der Waals surface area (Å²) in [5, 5.41) is 4.55. The Kier molecular flexibility index (Phi) is 4.74. The molecule has 0 spiro atoms. The molecule has 0 saturated heterocycles. The number of methoxy groups -OCH3 is 1. The molecule has 102 valence electrons. The molecule has 1 N–H and O–H groups in total. The van der Waals surface area contributed by atoms with Crippen molar-refractivity contribution in [2.75, 3.05) is 7.11 Å². The van der Waals surface area contributed by atoms with Gasteiger partial charge >= 0.3 is 0 Å². The second-order valence-electron chi connectivity index (χ2n) is 3.98. The highest BCUT2D eigenvalue weighted by Gasteiger charge is 2.03. The summed E-state index contributed by atoms with van der Waals surface area (Å²) in [6.07, 6.45) is 1.55. The number of halogens is 1. The first-order valence-electron chi connectivity index (χ1n) is 5.92. The number of hydrazone groups is 1. The van der Waals surface area contributed by atoms with Crippen LogP contribution in [-0.4, -0.2) is 19.2 Å². The third-order valence-electron chi connectivity index (χ3n) is 2.60. The minimum absolute atomic E-state index is 0.280. The highest BCUT2D eigenvalue weighted by atomic mass is 35.5. The van der Waals surface area contributed by atoms with E-state index in [9.17, 15) is 4.79 Å². The Morgan fingerprint density at radius 3 is 2.40 bits per heavy atom. The van der Waals surface area contributed by atoms with Gasteiger partial charge in [-0.3, -0.25) is 4.79 Å². The third kappa shape index (κ3) is 3.83. The van der Waals surface area contributed by atoms with E-state index < -0.39 is 0 Å². The first-order valence-corrected chi connectivity index (χ1v) is 6.30. The van der Waals surface area contributed by atoms with Crippen LogP contribution in [-0.2, 0) is 0 Å². The van der Waals surface area contributed by atoms with E-state index in [-0.39, 0.29) is 5.91 Å². The van der Waals surface area contributed by atoms with Crippen molar-refractivity contribution in [3.8, 4) is 5.75 Å². The Morgan fingerprint density at radius 2 is 1.80 bits per heavy atom. The van der Waals surface area contributed by atoms with Crippen molar-refractivity contribution in [2.45, 2.75) is 0 Å². The maximum Gasteiger partial charge on any atom is 0.271 e. The largest absolute Gasteiger partial charge is 0.497 e. The number of amides is 1. The van der Waals surface area contributed by atoms with Crippen LogP contribution < -0.4 is 10.2 Å². The topological polar surface area (TPSA) is 50.7 Å². The molecule has 0 aromatic heterocycles. The highest BCUT2D eigenvalue weighted by molar-refractivity contribution is 6.30. The second kappa shape index (κ2) is 6.73. The van der Waals surface area contributed by atoms with Gasteiger partial charge in [0.25, 0.3) is 5.91 Å². The number of ether oxygens (including phenoxy) is 1. The van der Waals surface area contributed by atoms with Crippen molar-refractivity contribution >= 4 is 23.7 Å². The zero-order valence-corrected chi connectivity index (χ0v) is 11.6. The summed E-state index contributed by atoms with van der Waals surface area (Å²) in [6.45, 7) is 0. The molecule has 0 aliphatic carbocycles. The van der Waals surface area contributed by atoms with Crippen molar-refractivity contribution in [3.63, 3.8) is 0 Å². The van der Waals surface area contributed by atoms with Crippen LogP contribution in [0.15, 0.2) is 53.6 Å². The second-order valence-corrected chi connectivity index (χ2v) is 4.42. The van der Waals surface area contributed by atoms with Crippen LogP contribution in [0.4, 0.5) is 0 Å². The van der Waals surface area contributed by atoms with Crippen molar-refractivity contribution in [1.29, 1.82) is 0 Å². The van der Waals surface area contributed by atoms with E-state index in [4.69, 9.17) is 16.3 Å². The molecule has 2 rings (SSSR count). The fraction of sp³-hybridized carbons (Fsp3) is 0.0667. The van der Waals surface area contributed by atoms with Gasteiger partial charge in [0, 0.05) is 10.6 Å². The van der Waals surface area contributed by atoms with Crippen molar-refractivity contribution in [1.82, 2.24) is 5.43 Å². The van der Waals surface area contributed by atoms with Gasteiger partial charge in [0.15, 0.2) is 0 Å². The van der Waals surface area contributed by atoms with Crippen LogP contribution >= 0.6 is 11.6 Å². The molecule has 0 unspecified atom stereocenters. The molecule has 2 aromatic carbocycles. The van der Waals surface area contributed by atoms with Gasteiger partial charge in [-0.15, -0.1) is 0 Å². The van der Waals surface area contributed by atoms with E-state index in [1.54, 1.807) is 49.7 Å². The number of nitrogens with zero attached hydrogens (tertiary/aromatic N) is 1. The van der Waals surface area contributed by atoms with Crippen LogP contribution in [0.2, 0.25) is 5.02 Å². The lowest BCUT2D eigenvalue weighted by atomic mass is 10.2. The smallest absolute Gasteiger partial charge is 0.271 e. The molecule has 5 heteroatoms. The van der Waals surface area contributed by atoms with Gasteiger partial charge in [-0.05, 0) is 42.0 Å². The molecule has 4 nitrogen and oxygen atoms in total. The Labute approximate surface area is 122 Å². The minimum atomic E-state index is -0.280. The molecule has 0 saturated carbocycles. The third-order valence-corrected chi connectivity index (χ3v) is 2.85. The van der Waals surface area contributed by atoms with Crippen LogP contribution in [0, 0.1) is 0 Å². The quantitative estimate of drug-likeness (QED) is 0.694. The lowest BCUT2D eigenvalue weighted by Crippen LogP contribution is -2.17. The maximum absolute atomic E-state index is 11.8. The first kappa shape index (κ1) is 14.1. The molecule has 0 radical (unpaired) electrons. The summed E-state index contributed by atoms with van der Waals surface area (Å²) in [5.41, 5.74) is 3.82. The average Bonchev–Trinajstić information content (AvgIpc) is 2.49. The summed E-state index contributed by atoms with van der Waals surface area (Å²) in [5.74, 6) is 0.420. The zero-order chi connectivity index (χ0) is 14.4. The molecule has 20 heavy (non-hydrogen) atoms. The number of hydrogen-bond acceptors (Lipinski definition) is 3. The summed E-state index contributed by atoms with van der Waals surface area (Å²) < 4.78 is 5.03. The van der Waals surface area contributed by atoms with E-state index in [2.05, 4.69) is 10.5 Å². The number of carbonyl (C=O) groups is 1. The van der Waals surface area contributed by atoms with Gasteiger partial charge < -0.3 is 4.74 Å². The van der Waals surface area contributed by atoms with E-state index in [1.807, 2.05) is 12.1 Å². The Balaban J connectivity index is 1.95. The number of hydrogen-bond donors (Lipinski definition) is 1. The normalized spacial score (nSPS) is 10.5. The fourth-order valence-electron chi connectivity index (χ4n) is 1.52. The zero-order valence-electron chi connectivity index (χ0n) is 10.8. The van der Waals surface area contributed by atoms with Gasteiger partial charge in [0.1, 0.15) is 5.75 Å². The van der Waals surface area contributed by atoms with E-state index in [1.165, 1.54) is 0 Å². The van der Waals surface area contributed by atoms with Crippen molar-refractivity contribution in [3.05, 3.63) is 64.7 Å². The molecule has 0 fully saturated rings. The lowest BCUT2D eigenvalue weighted by molar-refractivity contribution is 0.0955. The number of carbonyl (C=O) groups excluding carboxylic acids is 1. The van der Waals surface area contributed by atoms with Gasteiger partial charge in [-0.1, -0.05) is 23.7 Å². The molecule has 0 atom stereocenters. The van der Waals surface area contributed by atoms with Gasteiger partial charge in [-0.2, -0.15) is 5.10 Å². The molecule has 0 heterocycles. The standard InChI is InChI=1S/C15H13ClN2O2/c1-20-14-8-4-12(5-9-14)15(19)18-17-10-11-2-6-13(16)7-3-11/h2-10H,1H3,(H,18,19)/b17-10-. The maximum atomic E-state index is 11.8.